The lowest BCUT2D eigenvalue weighted by molar-refractivity contribution is -0.146. The summed E-state index contributed by atoms with van der Waals surface area (Å²) in [6.45, 7) is 3.89. The van der Waals surface area contributed by atoms with Gasteiger partial charge in [-0.05, 0) is 18.2 Å². The Morgan fingerprint density at radius 2 is 1.74 bits per heavy atom. The Labute approximate surface area is 165 Å². The van der Waals surface area contributed by atoms with Gasteiger partial charge in [0.15, 0.2) is 11.5 Å². The van der Waals surface area contributed by atoms with Crippen molar-refractivity contribution in [3.63, 3.8) is 0 Å². The van der Waals surface area contributed by atoms with Crippen molar-refractivity contribution in [2.24, 2.45) is 0 Å². The van der Waals surface area contributed by atoms with Crippen molar-refractivity contribution in [1.29, 1.82) is 0 Å². The van der Waals surface area contributed by atoms with E-state index in [-0.39, 0.29) is 24.2 Å². The fourth-order valence-corrected chi connectivity index (χ4v) is 3.21. The van der Waals surface area contributed by atoms with Crippen molar-refractivity contribution in [3.8, 4) is 11.5 Å². The number of nitrogens with one attached hydrogen (secondary N) is 1. The molecule has 0 aliphatic carbocycles. The molecule has 0 bridgehead atoms. The summed E-state index contributed by atoms with van der Waals surface area (Å²) < 4.78 is 16.0. The normalized spacial score (nSPS) is 19.9. The first-order chi connectivity index (χ1) is 12.6. The van der Waals surface area contributed by atoms with Gasteiger partial charge in [0.1, 0.15) is 6.10 Å². The number of piperazine rings is 1. The Morgan fingerprint density at radius 3 is 2.33 bits per heavy atom. The first-order valence-electron chi connectivity index (χ1n) is 8.76. The fourth-order valence-electron chi connectivity index (χ4n) is 3.21. The van der Waals surface area contributed by atoms with E-state index in [4.69, 9.17) is 14.2 Å². The van der Waals surface area contributed by atoms with Gasteiger partial charge in [-0.15, -0.1) is 12.4 Å². The Balaban J connectivity index is 0.00000261. The number of halogens is 1. The molecule has 2 saturated heterocycles. The highest BCUT2D eigenvalue weighted by Gasteiger charge is 2.30. The quantitative estimate of drug-likeness (QED) is 0.789. The van der Waals surface area contributed by atoms with Crippen LogP contribution >= 0.6 is 12.4 Å². The molecule has 0 saturated carbocycles. The zero-order chi connectivity index (χ0) is 18.5. The molecule has 2 aliphatic rings. The zero-order valence-corrected chi connectivity index (χ0v) is 16.4. The van der Waals surface area contributed by atoms with E-state index >= 15 is 0 Å². The highest BCUT2D eigenvalue weighted by molar-refractivity contribution is 5.95. The smallest absolute Gasteiger partial charge is 0.254 e. The maximum Gasteiger partial charge on any atom is 0.254 e. The molecule has 150 valence electrons. The Hall–Kier alpha value is -2.03. The summed E-state index contributed by atoms with van der Waals surface area (Å²) in [5.41, 5.74) is 0.544. The van der Waals surface area contributed by atoms with Gasteiger partial charge in [0.25, 0.3) is 11.8 Å². The van der Waals surface area contributed by atoms with Crippen molar-refractivity contribution >= 4 is 24.2 Å². The molecule has 0 radical (unpaired) electrons. The molecule has 27 heavy (non-hydrogen) atoms. The third kappa shape index (κ3) is 4.82. The van der Waals surface area contributed by atoms with E-state index in [2.05, 4.69) is 5.32 Å². The maximum absolute atomic E-state index is 12.7. The minimum Gasteiger partial charge on any atom is -0.493 e. The van der Waals surface area contributed by atoms with Gasteiger partial charge in [0.2, 0.25) is 0 Å². The van der Waals surface area contributed by atoms with Crippen LogP contribution in [-0.4, -0.2) is 87.8 Å². The number of morpholine rings is 1. The number of hydrogen-bond donors (Lipinski definition) is 1. The van der Waals surface area contributed by atoms with Crippen LogP contribution in [-0.2, 0) is 9.53 Å². The van der Waals surface area contributed by atoms with Crippen LogP contribution in [0.2, 0.25) is 0 Å². The summed E-state index contributed by atoms with van der Waals surface area (Å²) in [6, 6.07) is 5.13. The Morgan fingerprint density at radius 1 is 1.07 bits per heavy atom. The highest BCUT2D eigenvalue weighted by atomic mass is 35.5. The summed E-state index contributed by atoms with van der Waals surface area (Å²) in [5, 5.41) is 3.16. The van der Waals surface area contributed by atoms with Crippen molar-refractivity contribution in [2.45, 2.75) is 6.10 Å². The summed E-state index contributed by atoms with van der Waals surface area (Å²) in [4.78, 5) is 28.7. The highest BCUT2D eigenvalue weighted by Crippen LogP contribution is 2.28. The lowest BCUT2D eigenvalue weighted by atomic mass is 10.1. The predicted octanol–water partition coefficient (Wildman–Crippen LogP) is 0.398. The predicted molar refractivity (Wildman–Crippen MR) is 102 cm³/mol. The number of hydrogen-bond acceptors (Lipinski definition) is 6. The topological polar surface area (TPSA) is 80.3 Å². The molecule has 3 rings (SSSR count). The molecule has 2 fully saturated rings. The molecule has 1 aromatic rings. The lowest BCUT2D eigenvalue weighted by Gasteiger charge is -2.37. The van der Waals surface area contributed by atoms with Crippen molar-refractivity contribution < 1.29 is 23.8 Å². The molecule has 1 N–H and O–H groups in total. The second-order valence-corrected chi connectivity index (χ2v) is 6.25. The monoisotopic (exact) mass is 399 g/mol. The second-order valence-electron chi connectivity index (χ2n) is 6.25. The Kier molecular flexibility index (Phi) is 7.70. The van der Waals surface area contributed by atoms with E-state index < -0.39 is 6.10 Å². The molecule has 1 atom stereocenters. The van der Waals surface area contributed by atoms with Gasteiger partial charge < -0.3 is 29.3 Å². The van der Waals surface area contributed by atoms with Crippen LogP contribution in [0.15, 0.2) is 18.2 Å². The number of amides is 2. The number of benzene rings is 1. The van der Waals surface area contributed by atoms with Crippen LogP contribution in [0.5, 0.6) is 11.5 Å². The third-order valence-corrected chi connectivity index (χ3v) is 4.71. The van der Waals surface area contributed by atoms with Gasteiger partial charge in [0.05, 0.1) is 20.8 Å². The van der Waals surface area contributed by atoms with Gasteiger partial charge in [-0.3, -0.25) is 9.59 Å². The van der Waals surface area contributed by atoms with Crippen LogP contribution < -0.4 is 14.8 Å². The number of ether oxygens (including phenoxy) is 3. The van der Waals surface area contributed by atoms with Crippen LogP contribution in [0, 0.1) is 0 Å². The minimum absolute atomic E-state index is 0. The average Bonchev–Trinajstić information content (AvgIpc) is 2.73. The third-order valence-electron chi connectivity index (χ3n) is 4.71. The number of nitrogens with zero attached hydrogens (tertiary/aromatic N) is 2. The molecule has 0 spiro atoms. The molecule has 2 aliphatic heterocycles. The summed E-state index contributed by atoms with van der Waals surface area (Å²) in [5.74, 6) is 1.03. The van der Waals surface area contributed by atoms with E-state index in [1.54, 1.807) is 42.2 Å². The van der Waals surface area contributed by atoms with E-state index in [1.807, 2.05) is 0 Å². The van der Waals surface area contributed by atoms with Crippen molar-refractivity contribution in [3.05, 3.63) is 23.8 Å². The number of methoxy groups -OCH3 is 2. The molecule has 1 unspecified atom stereocenters. The molecular weight excluding hydrogens is 374 g/mol. The van der Waals surface area contributed by atoms with Crippen LogP contribution in [0.25, 0.3) is 0 Å². The SMILES string of the molecule is COc1ccc(C(=O)N2CCN(C(=O)C3CNCCO3)CC2)cc1OC.Cl. The molecular formula is C18H26ClN3O5. The zero-order valence-electron chi connectivity index (χ0n) is 15.6. The van der Waals surface area contributed by atoms with E-state index in [9.17, 15) is 9.59 Å². The van der Waals surface area contributed by atoms with Crippen molar-refractivity contribution in [2.75, 3.05) is 60.1 Å². The molecule has 1 aromatic carbocycles. The lowest BCUT2D eigenvalue weighted by Crippen LogP contribution is -2.56. The van der Waals surface area contributed by atoms with E-state index in [1.165, 1.54) is 0 Å². The van der Waals surface area contributed by atoms with Crippen LogP contribution in [0.4, 0.5) is 0 Å². The van der Waals surface area contributed by atoms with Gasteiger partial charge in [0, 0.05) is 44.8 Å². The Bertz CT molecular complexity index is 658. The maximum atomic E-state index is 12.7. The molecule has 2 amide bonds. The molecule has 2 heterocycles. The minimum atomic E-state index is -0.420. The van der Waals surface area contributed by atoms with Gasteiger partial charge in [-0.25, -0.2) is 0 Å². The number of carbonyl (C=O) groups excluding carboxylic acids is 2. The second kappa shape index (κ2) is 9.77. The largest absolute Gasteiger partial charge is 0.493 e. The standard InChI is InChI=1S/C18H25N3O5.ClH/c1-24-14-4-3-13(11-15(14)25-2)17(22)20-6-8-21(9-7-20)18(23)16-12-19-5-10-26-16;/h3-4,11,16,19H,5-10,12H2,1-2H3;1H. The van der Waals surface area contributed by atoms with E-state index in [0.717, 1.165) is 6.54 Å². The van der Waals surface area contributed by atoms with Crippen molar-refractivity contribution in [1.82, 2.24) is 15.1 Å². The van der Waals surface area contributed by atoms with Gasteiger partial charge in [-0.1, -0.05) is 0 Å². The number of carbonyl (C=O) groups is 2. The van der Waals surface area contributed by atoms with Crippen LogP contribution in [0.1, 0.15) is 10.4 Å². The fraction of sp³-hybridized carbons (Fsp3) is 0.556. The summed E-state index contributed by atoms with van der Waals surface area (Å²) in [7, 11) is 3.10. The van der Waals surface area contributed by atoms with Gasteiger partial charge in [-0.2, -0.15) is 0 Å². The van der Waals surface area contributed by atoms with Gasteiger partial charge >= 0.3 is 0 Å². The average molecular weight is 400 g/mol. The summed E-state index contributed by atoms with van der Waals surface area (Å²) in [6.07, 6.45) is -0.420. The molecule has 9 heteroatoms. The number of rotatable bonds is 4. The van der Waals surface area contributed by atoms with Crippen LogP contribution in [0.3, 0.4) is 0 Å². The first kappa shape index (κ1) is 21.3. The molecule has 8 nitrogen and oxygen atoms in total. The first-order valence-corrected chi connectivity index (χ1v) is 8.76. The summed E-state index contributed by atoms with van der Waals surface area (Å²) >= 11 is 0. The molecule has 0 aromatic heterocycles. The van der Waals surface area contributed by atoms with E-state index in [0.29, 0.717) is 56.4 Å².